The van der Waals surface area contributed by atoms with Gasteiger partial charge in [-0.25, -0.2) is 0 Å². The fourth-order valence-electron chi connectivity index (χ4n) is 1.94. The first-order valence-electron chi connectivity index (χ1n) is 5.24. The third kappa shape index (κ3) is 2.03. The molecule has 0 spiro atoms. The molecule has 1 aromatic rings. The lowest BCUT2D eigenvalue weighted by Gasteiger charge is -2.18. The Morgan fingerprint density at radius 1 is 1.69 bits per heavy atom. The summed E-state index contributed by atoms with van der Waals surface area (Å²) in [5, 5.41) is 0.546. The molecule has 0 radical (unpaired) electrons. The first-order valence-corrected chi connectivity index (χ1v) is 5.62. The van der Waals surface area contributed by atoms with Crippen LogP contribution >= 0.6 is 11.6 Å². The topological polar surface area (TPSA) is 59.2 Å². The molecule has 0 aliphatic carbocycles. The summed E-state index contributed by atoms with van der Waals surface area (Å²) in [4.78, 5) is 17.7. The second-order valence-electron chi connectivity index (χ2n) is 4.07. The highest BCUT2D eigenvalue weighted by atomic mass is 35.5. The number of aryl methyl sites for hydroxylation is 1. The van der Waals surface area contributed by atoms with E-state index in [1.807, 2.05) is 6.92 Å². The summed E-state index contributed by atoms with van der Waals surface area (Å²) in [6, 6.07) is 1.78. The number of halogens is 1. The Bertz CT molecular complexity index is 422. The normalized spacial score (nSPS) is 20.6. The zero-order chi connectivity index (χ0) is 11.7. The number of amides is 1. The van der Waals surface area contributed by atoms with E-state index in [0.717, 1.165) is 11.4 Å². The number of nitrogens with zero attached hydrogens (tertiary/aromatic N) is 2. The Morgan fingerprint density at radius 2 is 2.44 bits per heavy atom. The van der Waals surface area contributed by atoms with Crippen molar-refractivity contribution in [3.05, 3.63) is 23.0 Å². The molecule has 1 aliphatic heterocycles. The molecule has 2 N–H and O–H groups in total. The molecule has 1 aliphatic rings. The molecule has 0 bridgehead atoms. The van der Waals surface area contributed by atoms with E-state index in [1.54, 1.807) is 17.2 Å². The van der Waals surface area contributed by atoms with Crippen LogP contribution in [0.1, 0.15) is 12.1 Å². The van der Waals surface area contributed by atoms with Gasteiger partial charge in [-0.15, -0.1) is 0 Å². The number of nitrogens with two attached hydrogens (primary N) is 1. The van der Waals surface area contributed by atoms with Crippen LogP contribution in [0.4, 0.5) is 5.69 Å². The zero-order valence-electron chi connectivity index (χ0n) is 9.11. The van der Waals surface area contributed by atoms with Crippen LogP contribution in [0.5, 0.6) is 0 Å². The van der Waals surface area contributed by atoms with Crippen LogP contribution < -0.4 is 10.6 Å². The lowest BCUT2D eigenvalue weighted by Crippen LogP contribution is -2.26. The Labute approximate surface area is 99.4 Å². The van der Waals surface area contributed by atoms with E-state index in [9.17, 15) is 4.79 Å². The van der Waals surface area contributed by atoms with Crippen molar-refractivity contribution >= 4 is 23.2 Å². The van der Waals surface area contributed by atoms with Gasteiger partial charge in [-0.2, -0.15) is 0 Å². The van der Waals surface area contributed by atoms with Gasteiger partial charge < -0.3 is 10.6 Å². The molecule has 1 atom stereocenters. The van der Waals surface area contributed by atoms with Crippen molar-refractivity contribution in [2.24, 2.45) is 11.7 Å². The molecule has 86 valence electrons. The van der Waals surface area contributed by atoms with Crippen LogP contribution in [-0.2, 0) is 4.79 Å². The van der Waals surface area contributed by atoms with E-state index < -0.39 is 0 Å². The number of hydrogen-bond acceptors (Lipinski definition) is 3. The van der Waals surface area contributed by atoms with Crippen molar-refractivity contribution in [3.63, 3.8) is 0 Å². The van der Waals surface area contributed by atoms with Crippen molar-refractivity contribution < 1.29 is 4.79 Å². The SMILES string of the molecule is Cc1ncc(Cl)cc1N1CC(CN)CC1=O. The maximum Gasteiger partial charge on any atom is 0.227 e. The summed E-state index contributed by atoms with van der Waals surface area (Å²) < 4.78 is 0. The fourth-order valence-corrected chi connectivity index (χ4v) is 2.09. The van der Waals surface area contributed by atoms with Crippen LogP contribution in [0.2, 0.25) is 5.02 Å². The average Bonchev–Trinajstić information content (AvgIpc) is 2.63. The first kappa shape index (κ1) is 11.4. The van der Waals surface area contributed by atoms with Crippen molar-refractivity contribution in [2.75, 3.05) is 18.0 Å². The van der Waals surface area contributed by atoms with Gasteiger partial charge in [0.25, 0.3) is 0 Å². The predicted molar refractivity (Wildman–Crippen MR) is 63.5 cm³/mol. The molecule has 1 fully saturated rings. The summed E-state index contributed by atoms with van der Waals surface area (Å²) in [7, 11) is 0. The van der Waals surface area contributed by atoms with E-state index >= 15 is 0 Å². The number of carbonyl (C=O) groups is 1. The molecule has 0 aromatic carbocycles. The molecule has 1 unspecified atom stereocenters. The molecule has 4 nitrogen and oxygen atoms in total. The van der Waals surface area contributed by atoms with Crippen molar-refractivity contribution in [1.82, 2.24) is 4.98 Å². The van der Waals surface area contributed by atoms with Gasteiger partial charge in [0.2, 0.25) is 5.91 Å². The van der Waals surface area contributed by atoms with Gasteiger partial charge >= 0.3 is 0 Å². The molecule has 1 aromatic heterocycles. The molecular formula is C11H14ClN3O. The van der Waals surface area contributed by atoms with Crippen molar-refractivity contribution in [1.29, 1.82) is 0 Å². The van der Waals surface area contributed by atoms with Crippen molar-refractivity contribution in [3.8, 4) is 0 Å². The van der Waals surface area contributed by atoms with Gasteiger partial charge in [-0.05, 0) is 25.5 Å². The first-order chi connectivity index (χ1) is 7.61. The zero-order valence-corrected chi connectivity index (χ0v) is 9.87. The number of carbonyl (C=O) groups excluding carboxylic acids is 1. The minimum absolute atomic E-state index is 0.0996. The maximum absolute atomic E-state index is 11.8. The summed E-state index contributed by atoms with van der Waals surface area (Å²) in [5.41, 5.74) is 7.20. The van der Waals surface area contributed by atoms with Gasteiger partial charge in [0.1, 0.15) is 0 Å². The Hall–Kier alpha value is -1.13. The van der Waals surface area contributed by atoms with E-state index in [0.29, 0.717) is 24.5 Å². The quantitative estimate of drug-likeness (QED) is 0.848. The third-order valence-electron chi connectivity index (χ3n) is 2.86. The third-order valence-corrected chi connectivity index (χ3v) is 3.06. The number of anilines is 1. The monoisotopic (exact) mass is 239 g/mol. The van der Waals surface area contributed by atoms with Crippen LogP contribution in [0.25, 0.3) is 0 Å². The highest BCUT2D eigenvalue weighted by Gasteiger charge is 2.30. The molecule has 5 heteroatoms. The maximum atomic E-state index is 11.8. The highest BCUT2D eigenvalue weighted by Crippen LogP contribution is 2.28. The molecule has 1 saturated heterocycles. The minimum Gasteiger partial charge on any atom is -0.330 e. The summed E-state index contributed by atoms with van der Waals surface area (Å²) >= 11 is 5.89. The predicted octanol–water partition coefficient (Wildman–Crippen LogP) is 1.36. The second-order valence-corrected chi connectivity index (χ2v) is 4.50. The molecule has 0 saturated carbocycles. The van der Waals surface area contributed by atoms with Gasteiger partial charge in [-0.3, -0.25) is 9.78 Å². The smallest absolute Gasteiger partial charge is 0.227 e. The van der Waals surface area contributed by atoms with Crippen LogP contribution in [0.3, 0.4) is 0 Å². The van der Waals surface area contributed by atoms with Gasteiger partial charge in [-0.1, -0.05) is 11.6 Å². The fraction of sp³-hybridized carbons (Fsp3) is 0.455. The van der Waals surface area contributed by atoms with Gasteiger partial charge in [0.15, 0.2) is 0 Å². The van der Waals surface area contributed by atoms with E-state index in [1.165, 1.54) is 0 Å². The molecule has 1 amide bonds. The largest absolute Gasteiger partial charge is 0.330 e. The minimum atomic E-state index is 0.0996. The van der Waals surface area contributed by atoms with E-state index in [-0.39, 0.29) is 11.8 Å². The Morgan fingerprint density at radius 3 is 3.06 bits per heavy atom. The lowest BCUT2D eigenvalue weighted by molar-refractivity contribution is -0.117. The molecule has 16 heavy (non-hydrogen) atoms. The van der Waals surface area contributed by atoms with Crippen molar-refractivity contribution in [2.45, 2.75) is 13.3 Å². The van der Waals surface area contributed by atoms with Gasteiger partial charge in [0, 0.05) is 19.2 Å². The Balaban J connectivity index is 2.30. The summed E-state index contributed by atoms with van der Waals surface area (Å²) in [6.07, 6.45) is 2.10. The second kappa shape index (κ2) is 4.39. The van der Waals surface area contributed by atoms with Crippen LogP contribution in [-0.4, -0.2) is 24.0 Å². The molecule has 2 rings (SSSR count). The highest BCUT2D eigenvalue weighted by molar-refractivity contribution is 6.30. The standard InChI is InChI=1S/C11H14ClN3O/c1-7-10(3-9(12)5-14-7)15-6-8(4-13)2-11(15)16/h3,5,8H,2,4,6,13H2,1H3. The average molecular weight is 240 g/mol. The van der Waals surface area contributed by atoms with E-state index in [2.05, 4.69) is 4.98 Å². The number of aromatic nitrogens is 1. The van der Waals surface area contributed by atoms with Crippen LogP contribution in [0.15, 0.2) is 12.3 Å². The molecular weight excluding hydrogens is 226 g/mol. The number of pyridine rings is 1. The number of rotatable bonds is 2. The number of hydrogen-bond donors (Lipinski definition) is 1. The van der Waals surface area contributed by atoms with Crippen LogP contribution in [0, 0.1) is 12.8 Å². The van der Waals surface area contributed by atoms with E-state index in [4.69, 9.17) is 17.3 Å². The Kier molecular flexibility index (Phi) is 3.12. The molecule has 2 heterocycles. The lowest BCUT2D eigenvalue weighted by atomic mass is 10.1. The van der Waals surface area contributed by atoms with Gasteiger partial charge in [0.05, 0.1) is 16.4 Å². The summed E-state index contributed by atoms with van der Waals surface area (Å²) in [6.45, 7) is 3.07. The summed E-state index contributed by atoms with van der Waals surface area (Å²) in [5.74, 6) is 0.341.